The van der Waals surface area contributed by atoms with Gasteiger partial charge >= 0.3 is 5.97 Å². The fourth-order valence-electron chi connectivity index (χ4n) is 10.0. The van der Waals surface area contributed by atoms with E-state index in [1.807, 2.05) is 12.2 Å². The number of aliphatic imine (C=N–C) groups is 1. The molecule has 1 saturated carbocycles. The van der Waals surface area contributed by atoms with E-state index in [1.54, 1.807) is 6.20 Å². The molecule has 484 valence electrons. The lowest BCUT2D eigenvalue weighted by atomic mass is 9.84. The maximum atomic E-state index is 14.1. The highest BCUT2D eigenvalue weighted by molar-refractivity contribution is 5.99. The zero-order valence-electron chi connectivity index (χ0n) is 49.9. The number of ether oxygens (including phenoxy) is 1. The van der Waals surface area contributed by atoms with Crippen LogP contribution in [0.2, 0.25) is 0 Å². The highest BCUT2D eigenvalue weighted by atomic mass is 16.5. The van der Waals surface area contributed by atoms with Crippen molar-refractivity contribution in [1.29, 1.82) is 0 Å². The van der Waals surface area contributed by atoms with Gasteiger partial charge in [-0.05, 0) is 86.3 Å². The van der Waals surface area contributed by atoms with Crippen molar-refractivity contribution in [3.05, 3.63) is 58.9 Å². The number of aromatic nitrogens is 1. The van der Waals surface area contributed by atoms with Gasteiger partial charge in [0.2, 0.25) is 65.0 Å². The highest BCUT2D eigenvalue weighted by Gasteiger charge is 2.37. The molecule has 1 fully saturated rings. The summed E-state index contributed by atoms with van der Waals surface area (Å²) in [5.41, 5.74) is 20.1. The third kappa shape index (κ3) is 24.3. The number of nitrogens with one attached hydrogen (secondary N) is 11. The van der Waals surface area contributed by atoms with Gasteiger partial charge in [-0.25, -0.2) is 0 Å². The van der Waals surface area contributed by atoms with E-state index in [0.29, 0.717) is 24.8 Å². The highest BCUT2D eigenvalue weighted by Crippen LogP contribution is 2.28. The Bertz CT molecular complexity index is 2840. The normalized spacial score (nSPS) is 16.1. The summed E-state index contributed by atoms with van der Waals surface area (Å²) in [7, 11) is 2.73. The number of carbonyl (C=O) groups excluding carboxylic acids is 11. The monoisotopic (exact) mass is 1240 g/mol. The maximum absolute atomic E-state index is 14.1. The first-order chi connectivity index (χ1) is 41.8. The van der Waals surface area contributed by atoms with Gasteiger partial charge < -0.3 is 95.4 Å². The summed E-state index contributed by atoms with van der Waals surface area (Å²) in [6.07, 6.45) is 7.42. The minimum Gasteiger partial charge on any atom is -0.508 e. The van der Waals surface area contributed by atoms with Crippen molar-refractivity contribution in [3.8, 4) is 5.75 Å². The number of aliphatic hydroxyl groups is 1. The Hall–Kier alpha value is -9.13. The Morgan fingerprint density at radius 3 is 1.91 bits per heavy atom. The van der Waals surface area contributed by atoms with Crippen LogP contribution in [-0.2, 0) is 81.5 Å². The smallest absolute Gasteiger partial charge is 0.303 e. The Kier molecular flexibility index (Phi) is 29.3. The third-order valence-corrected chi connectivity index (χ3v) is 14.7. The molecule has 0 saturated heterocycles. The number of hydrogen-bond acceptors (Lipinski definition) is 16. The Balaban J connectivity index is 1.48. The summed E-state index contributed by atoms with van der Waals surface area (Å²) < 4.78 is 5.24. The van der Waals surface area contributed by atoms with E-state index >= 15 is 0 Å². The number of allylic oxidation sites excluding steroid dienone is 1. The number of nitrogens with zero attached hydrogens (tertiary/aromatic N) is 1. The predicted octanol–water partition coefficient (Wildman–Crippen LogP) is -3.98. The molecule has 2 aliphatic carbocycles. The van der Waals surface area contributed by atoms with Gasteiger partial charge in [-0.2, -0.15) is 0 Å². The molecule has 31 heteroatoms. The van der Waals surface area contributed by atoms with Crippen LogP contribution in [0.4, 0.5) is 0 Å². The van der Waals surface area contributed by atoms with Gasteiger partial charge in [-0.1, -0.05) is 50.3 Å². The number of carboxylic acid groups (broad SMARTS) is 1. The van der Waals surface area contributed by atoms with E-state index in [9.17, 15) is 72.9 Å². The summed E-state index contributed by atoms with van der Waals surface area (Å²) in [6, 6.07) is -6.48. The predicted molar refractivity (Wildman–Crippen MR) is 317 cm³/mol. The van der Waals surface area contributed by atoms with Crippen molar-refractivity contribution in [2.75, 3.05) is 33.9 Å². The molecule has 1 aromatic heterocycles. The number of H-pyrrole nitrogens is 1. The molecule has 1 aromatic carbocycles. The molecule has 20 N–H and O–H groups in total. The number of guanidine groups is 1. The van der Waals surface area contributed by atoms with Crippen LogP contribution < -0.4 is 70.4 Å². The van der Waals surface area contributed by atoms with E-state index in [2.05, 4.69) is 63.1 Å². The van der Waals surface area contributed by atoms with Crippen molar-refractivity contribution in [2.24, 2.45) is 28.1 Å². The number of hydrogen-bond donors (Lipinski definition) is 17. The van der Waals surface area contributed by atoms with Gasteiger partial charge in [0.1, 0.15) is 54.1 Å². The number of phenols is 1. The molecule has 2 aromatic rings. The molecule has 9 atom stereocenters. The van der Waals surface area contributed by atoms with Crippen LogP contribution in [-0.4, -0.2) is 186 Å². The third-order valence-electron chi connectivity index (χ3n) is 14.7. The number of benzene rings is 1. The van der Waals surface area contributed by atoms with Crippen molar-refractivity contribution in [2.45, 2.75) is 165 Å². The van der Waals surface area contributed by atoms with Crippen LogP contribution in [0.25, 0.3) is 6.08 Å². The van der Waals surface area contributed by atoms with Crippen molar-refractivity contribution < 1.29 is 77.6 Å². The first kappa shape index (κ1) is 71.4. The molecule has 11 amide bonds. The lowest BCUT2D eigenvalue weighted by Crippen LogP contribution is -2.62. The average Bonchev–Trinajstić information content (AvgIpc) is 2.42. The lowest BCUT2D eigenvalue weighted by molar-refractivity contribution is -0.139. The van der Waals surface area contributed by atoms with Gasteiger partial charge in [0.05, 0.1) is 25.7 Å². The number of carbonyl (C=O) groups is 12. The molecule has 4 rings (SSSR count). The van der Waals surface area contributed by atoms with Crippen LogP contribution >= 0.6 is 0 Å². The number of primary amides is 2. The summed E-state index contributed by atoms with van der Waals surface area (Å²) in [5, 5.41) is 55.1. The summed E-state index contributed by atoms with van der Waals surface area (Å²) >= 11 is 0. The standard InChI is InChI=1S/C57H85N15O16/c1-30(73)48(72-54(85)43(26-45(58)76)70-52(83)39(20-21-47(78)79)68-53(84)42(65-31(2)74)24-33-16-18-35(75)19-17-33)56(87)71-41(23-32-11-6-5-7-12-32)50(81)64-28-46(77)66-44(29-88-4)55(86)67-38(15-10-22-62-57(60)61-3)51(82)69-40(49(59)80)25-34-27-63-37-14-9-8-13-36(34)37/h9,14,16-19,27,30,32,38-44,48,63,73,75H,5-8,10-13,15,20-26,28-29H2,1-4H3,(H2,58,76)(H2,59,80)(H,64,81)(H,65,74)(H,66,77)(H,67,86)(H,68,84)(H,69,82)(H,70,83)(H,71,87)(H,72,85)(H,78,79)(H3,60,61,62)/t30-,38+,39+,40+,41+,42-,43+,44+,48+/m1/s1. The number of aliphatic hydroxyl groups excluding tert-OH is 1. The molecule has 0 radical (unpaired) electrons. The number of methoxy groups -OCH3 is 1. The second kappa shape index (κ2) is 36.1. The molecule has 31 nitrogen and oxygen atoms in total. The molecule has 0 aliphatic heterocycles. The van der Waals surface area contributed by atoms with Crippen LogP contribution in [0.15, 0.2) is 41.5 Å². The number of carboxylic acids is 1. The number of nitrogens with two attached hydrogens (primary N) is 3. The molecule has 0 bridgehead atoms. The quantitative estimate of drug-likeness (QED) is 0.0176. The van der Waals surface area contributed by atoms with Gasteiger partial charge in [-0.3, -0.25) is 62.5 Å². The van der Waals surface area contributed by atoms with Crippen LogP contribution in [0.3, 0.4) is 0 Å². The Morgan fingerprint density at radius 1 is 0.705 bits per heavy atom. The largest absolute Gasteiger partial charge is 0.508 e. The molecular weight excluding hydrogens is 1150 g/mol. The van der Waals surface area contributed by atoms with E-state index in [1.165, 1.54) is 38.4 Å². The number of aromatic hydroxyl groups is 1. The van der Waals surface area contributed by atoms with Crippen LogP contribution in [0.5, 0.6) is 5.75 Å². The molecule has 2 aliphatic rings. The van der Waals surface area contributed by atoms with E-state index in [4.69, 9.17) is 21.9 Å². The lowest BCUT2D eigenvalue weighted by Gasteiger charge is -2.29. The van der Waals surface area contributed by atoms with Crippen molar-refractivity contribution in [1.82, 2.24) is 58.2 Å². The zero-order valence-corrected chi connectivity index (χ0v) is 49.9. The summed E-state index contributed by atoms with van der Waals surface area (Å²) in [5.74, 6) is -12.0. The maximum Gasteiger partial charge on any atom is 0.303 e. The molecular formula is C57H85N15O16. The van der Waals surface area contributed by atoms with Crippen LogP contribution in [0.1, 0.15) is 113 Å². The molecule has 88 heavy (non-hydrogen) atoms. The SMILES string of the molecule is CN=C(N)NCCC[C@H](NC(=O)[C@H](COC)NC(=O)CNC(=O)[C@H](CC1CCCCC1)NC(=O)[C@@H](NC(=O)[C@H](CC(N)=O)NC(=O)[C@H](CCC(=O)O)NC(=O)[C@@H](Cc1ccc(O)cc1)NC(C)=O)[C@@H](C)O)C(=O)N[C@@H](Cc1c[nH]c2c1CCC=C2)C(N)=O. The number of aliphatic carboxylic acids is 1. The van der Waals surface area contributed by atoms with Gasteiger partial charge in [0.25, 0.3) is 0 Å². The topological polar surface area (TPSA) is 501 Å². The molecule has 1 heterocycles. The second-order valence-corrected chi connectivity index (χ2v) is 21.7. The minimum absolute atomic E-state index is 0.00537. The summed E-state index contributed by atoms with van der Waals surface area (Å²) in [4.78, 5) is 167. The fraction of sp³-hybridized carbons (Fsp3) is 0.561. The Labute approximate surface area is 508 Å². The Morgan fingerprint density at radius 2 is 1.31 bits per heavy atom. The van der Waals surface area contributed by atoms with E-state index < -0.39 is 158 Å². The van der Waals surface area contributed by atoms with Gasteiger partial charge in [0.15, 0.2) is 5.96 Å². The second-order valence-electron chi connectivity index (χ2n) is 21.7. The first-order valence-corrected chi connectivity index (χ1v) is 29.0. The van der Waals surface area contributed by atoms with Crippen molar-refractivity contribution >= 4 is 83.0 Å². The minimum atomic E-state index is -1.90. The molecule has 0 unspecified atom stereocenters. The summed E-state index contributed by atoms with van der Waals surface area (Å²) in [6.45, 7) is 1.31. The molecule has 0 spiro atoms. The van der Waals surface area contributed by atoms with Gasteiger partial charge in [0, 0.05) is 58.8 Å². The number of amides is 11. The first-order valence-electron chi connectivity index (χ1n) is 29.0. The van der Waals surface area contributed by atoms with Gasteiger partial charge in [-0.15, -0.1) is 0 Å². The van der Waals surface area contributed by atoms with E-state index in [0.717, 1.165) is 56.4 Å². The number of aromatic amines is 1. The average molecular weight is 1240 g/mol. The number of fused-ring (bicyclic) bond motifs is 1. The number of phenolic OH excluding ortho intramolecular Hbond substituents is 1. The zero-order chi connectivity index (χ0) is 65.0. The fourth-order valence-corrected chi connectivity index (χ4v) is 10.0. The van der Waals surface area contributed by atoms with E-state index in [-0.39, 0.29) is 56.3 Å². The van der Waals surface area contributed by atoms with Crippen molar-refractivity contribution in [3.63, 3.8) is 0 Å². The number of rotatable bonds is 36. The van der Waals surface area contributed by atoms with Crippen LogP contribution in [0, 0.1) is 5.92 Å².